The lowest BCUT2D eigenvalue weighted by molar-refractivity contribution is 0.415. The van der Waals surface area contributed by atoms with Gasteiger partial charge in [-0.05, 0) is 24.3 Å². The Kier molecular flexibility index (Phi) is 5.34. The van der Waals surface area contributed by atoms with E-state index in [4.69, 9.17) is 14.8 Å². The van der Waals surface area contributed by atoms with Gasteiger partial charge in [0.2, 0.25) is 5.82 Å². The molecule has 0 aliphatic carbocycles. The van der Waals surface area contributed by atoms with Crippen LogP contribution in [-0.4, -0.2) is 41.2 Å². The van der Waals surface area contributed by atoms with Crippen LogP contribution in [0.3, 0.4) is 0 Å². The van der Waals surface area contributed by atoms with Gasteiger partial charge in [0, 0.05) is 84.4 Å². The van der Waals surface area contributed by atoms with Crippen LogP contribution in [0.2, 0.25) is 0 Å². The smallest absolute Gasteiger partial charge is 0.218 e. The number of fused-ring (bicyclic) bond motifs is 1. The highest BCUT2D eigenvalue weighted by Gasteiger charge is 2.22. The first kappa shape index (κ1) is 21.5. The lowest BCUT2D eigenvalue weighted by atomic mass is 10.00. The standard InChI is InChI=1S/C27H22N8O/c1-34-13-12-30-27(34)26-32-25(31-20-8-3-9-21(14-20)36-2)24-23(19-7-5-11-29-16-19)22(17-35(24)33-26)18-6-4-10-28-15-18/h3-17H,1-2H3,(H,31,32,33). The van der Waals surface area contributed by atoms with Gasteiger partial charge in [-0.25, -0.2) is 14.5 Å². The number of pyridine rings is 2. The number of aromatic nitrogens is 7. The number of methoxy groups -OCH3 is 1. The summed E-state index contributed by atoms with van der Waals surface area (Å²) in [7, 11) is 3.57. The van der Waals surface area contributed by atoms with Crippen LogP contribution in [0.15, 0.2) is 91.9 Å². The molecule has 0 saturated heterocycles. The number of hydrogen-bond acceptors (Lipinski definition) is 7. The number of imidazole rings is 1. The maximum atomic E-state index is 5.43. The van der Waals surface area contributed by atoms with Crippen molar-refractivity contribution in [2.45, 2.75) is 0 Å². The van der Waals surface area contributed by atoms with Crippen LogP contribution in [0, 0.1) is 0 Å². The van der Waals surface area contributed by atoms with Crippen LogP contribution in [0.1, 0.15) is 0 Å². The van der Waals surface area contributed by atoms with E-state index in [-0.39, 0.29) is 0 Å². The molecule has 0 bridgehead atoms. The largest absolute Gasteiger partial charge is 0.497 e. The van der Waals surface area contributed by atoms with Gasteiger partial charge in [0.1, 0.15) is 11.3 Å². The van der Waals surface area contributed by atoms with Crippen LogP contribution in [-0.2, 0) is 7.05 Å². The molecule has 0 amide bonds. The first-order valence-corrected chi connectivity index (χ1v) is 11.3. The van der Waals surface area contributed by atoms with E-state index in [1.165, 1.54) is 0 Å². The molecule has 1 aromatic carbocycles. The zero-order chi connectivity index (χ0) is 24.5. The SMILES string of the molecule is COc1cccc(Nc2nc(-c3nccn3C)nn3cc(-c4cccnc4)c(-c4cccnc4)c23)c1. The summed E-state index contributed by atoms with van der Waals surface area (Å²) in [5, 5.41) is 8.36. The number of aryl methyl sites for hydroxylation is 1. The summed E-state index contributed by atoms with van der Waals surface area (Å²) >= 11 is 0. The molecule has 0 unspecified atom stereocenters. The molecule has 176 valence electrons. The second-order valence-electron chi connectivity index (χ2n) is 8.20. The molecule has 0 spiro atoms. The van der Waals surface area contributed by atoms with Crippen molar-refractivity contribution in [3.63, 3.8) is 0 Å². The second kappa shape index (κ2) is 8.95. The molecule has 0 aliphatic heterocycles. The summed E-state index contributed by atoms with van der Waals surface area (Å²) in [5.41, 5.74) is 5.47. The normalized spacial score (nSPS) is 11.1. The Balaban J connectivity index is 1.66. The highest BCUT2D eigenvalue weighted by Crippen LogP contribution is 2.40. The highest BCUT2D eigenvalue weighted by molar-refractivity contribution is 5.99. The second-order valence-corrected chi connectivity index (χ2v) is 8.20. The Morgan fingerprint density at radius 3 is 2.42 bits per heavy atom. The summed E-state index contributed by atoms with van der Waals surface area (Å²) in [5.74, 6) is 2.52. The average Bonchev–Trinajstić information content (AvgIpc) is 3.53. The first-order chi connectivity index (χ1) is 17.7. The van der Waals surface area contributed by atoms with E-state index in [9.17, 15) is 0 Å². The zero-order valence-electron chi connectivity index (χ0n) is 19.7. The first-order valence-electron chi connectivity index (χ1n) is 11.3. The van der Waals surface area contributed by atoms with Crippen LogP contribution >= 0.6 is 0 Å². The number of hydrogen-bond donors (Lipinski definition) is 1. The topological polar surface area (TPSA) is 95.0 Å². The number of nitrogens with zero attached hydrogens (tertiary/aromatic N) is 7. The number of nitrogens with one attached hydrogen (secondary N) is 1. The van der Waals surface area contributed by atoms with Gasteiger partial charge < -0.3 is 14.6 Å². The van der Waals surface area contributed by atoms with Crippen molar-refractivity contribution >= 4 is 17.0 Å². The highest BCUT2D eigenvalue weighted by atomic mass is 16.5. The molecule has 9 nitrogen and oxygen atoms in total. The van der Waals surface area contributed by atoms with E-state index < -0.39 is 0 Å². The molecule has 0 aliphatic rings. The van der Waals surface area contributed by atoms with Crippen LogP contribution in [0.25, 0.3) is 39.4 Å². The van der Waals surface area contributed by atoms with Crippen molar-refractivity contribution in [3.8, 4) is 39.7 Å². The fourth-order valence-electron chi connectivity index (χ4n) is 4.23. The predicted molar refractivity (Wildman–Crippen MR) is 138 cm³/mol. The van der Waals surface area contributed by atoms with Crippen LogP contribution in [0.4, 0.5) is 11.5 Å². The zero-order valence-corrected chi connectivity index (χ0v) is 19.7. The van der Waals surface area contributed by atoms with E-state index in [1.54, 1.807) is 25.7 Å². The summed E-state index contributed by atoms with van der Waals surface area (Å²) < 4.78 is 9.17. The fraction of sp³-hybridized carbons (Fsp3) is 0.0741. The average molecular weight is 475 g/mol. The van der Waals surface area contributed by atoms with E-state index >= 15 is 0 Å². The van der Waals surface area contributed by atoms with Gasteiger partial charge in [-0.15, -0.1) is 5.10 Å². The summed E-state index contributed by atoms with van der Waals surface area (Å²) in [4.78, 5) is 18.1. The molecule has 0 radical (unpaired) electrons. The molecule has 1 N–H and O–H groups in total. The maximum Gasteiger partial charge on any atom is 0.218 e. The van der Waals surface area contributed by atoms with E-state index in [0.717, 1.165) is 39.2 Å². The molecule has 6 aromatic rings. The lowest BCUT2D eigenvalue weighted by Gasteiger charge is -2.12. The molecule has 5 aromatic heterocycles. The Morgan fingerprint density at radius 1 is 0.917 bits per heavy atom. The molecule has 0 saturated carbocycles. The summed E-state index contributed by atoms with van der Waals surface area (Å²) in [6.07, 6.45) is 12.8. The third kappa shape index (κ3) is 3.82. The van der Waals surface area contributed by atoms with E-state index in [1.807, 2.05) is 89.4 Å². The van der Waals surface area contributed by atoms with Crippen molar-refractivity contribution < 1.29 is 4.74 Å². The number of ether oxygens (including phenoxy) is 1. The minimum Gasteiger partial charge on any atom is -0.497 e. The van der Waals surface area contributed by atoms with E-state index in [0.29, 0.717) is 17.5 Å². The van der Waals surface area contributed by atoms with Crippen LogP contribution < -0.4 is 10.1 Å². The van der Waals surface area contributed by atoms with Gasteiger partial charge >= 0.3 is 0 Å². The molecular formula is C27H22N8O. The molecule has 5 heterocycles. The molecule has 36 heavy (non-hydrogen) atoms. The minimum atomic E-state index is 0.492. The molecule has 0 fully saturated rings. The number of anilines is 2. The van der Waals surface area contributed by atoms with Crippen LogP contribution in [0.5, 0.6) is 5.75 Å². The Bertz CT molecular complexity index is 1660. The van der Waals surface area contributed by atoms with Gasteiger partial charge in [0.05, 0.1) is 7.11 Å². The van der Waals surface area contributed by atoms with Gasteiger partial charge in [0.25, 0.3) is 0 Å². The molecule has 9 heteroatoms. The Labute approximate surface area is 207 Å². The van der Waals surface area contributed by atoms with Gasteiger partial charge in [-0.3, -0.25) is 9.97 Å². The Hall–Kier alpha value is -5.05. The van der Waals surface area contributed by atoms with Gasteiger partial charge in [0.15, 0.2) is 11.6 Å². The maximum absolute atomic E-state index is 5.43. The monoisotopic (exact) mass is 474 g/mol. The minimum absolute atomic E-state index is 0.492. The molecule has 6 rings (SSSR count). The third-order valence-electron chi connectivity index (χ3n) is 5.91. The predicted octanol–water partition coefficient (Wildman–Crippen LogP) is 5.01. The quantitative estimate of drug-likeness (QED) is 0.363. The number of rotatable bonds is 6. The van der Waals surface area contributed by atoms with Crippen molar-refractivity contribution in [1.29, 1.82) is 0 Å². The van der Waals surface area contributed by atoms with Gasteiger partial charge in [-0.1, -0.05) is 18.2 Å². The van der Waals surface area contributed by atoms with Crippen molar-refractivity contribution in [2.75, 3.05) is 12.4 Å². The van der Waals surface area contributed by atoms with Crippen molar-refractivity contribution in [2.24, 2.45) is 7.05 Å². The summed E-state index contributed by atoms with van der Waals surface area (Å²) in [6.45, 7) is 0. The third-order valence-corrected chi connectivity index (χ3v) is 5.91. The van der Waals surface area contributed by atoms with E-state index in [2.05, 4.69) is 20.3 Å². The van der Waals surface area contributed by atoms with Crippen molar-refractivity contribution in [3.05, 3.63) is 91.9 Å². The molecule has 0 atom stereocenters. The number of benzene rings is 1. The van der Waals surface area contributed by atoms with Crippen molar-refractivity contribution in [1.82, 2.24) is 34.1 Å². The Morgan fingerprint density at radius 2 is 1.72 bits per heavy atom. The lowest BCUT2D eigenvalue weighted by Crippen LogP contribution is -2.06. The van der Waals surface area contributed by atoms with Gasteiger partial charge in [-0.2, -0.15) is 0 Å². The fourth-order valence-corrected chi connectivity index (χ4v) is 4.23. The summed E-state index contributed by atoms with van der Waals surface area (Å²) in [6, 6.07) is 15.6. The molecular weight excluding hydrogens is 452 g/mol.